The van der Waals surface area contributed by atoms with Gasteiger partial charge in [-0.05, 0) is 19.8 Å². The van der Waals surface area contributed by atoms with E-state index in [1.807, 2.05) is 5.32 Å². The Morgan fingerprint density at radius 3 is 2.61 bits per heavy atom. The van der Waals surface area contributed by atoms with Crippen LogP contribution in [-0.2, 0) is 19.1 Å². The number of imide groups is 1. The molecule has 0 aromatic carbocycles. The first-order valence-electron chi connectivity index (χ1n) is 5.49. The number of nitrogens with zero attached hydrogens (tertiary/aromatic N) is 1. The molecule has 0 aliphatic carbocycles. The summed E-state index contributed by atoms with van der Waals surface area (Å²) in [6, 6.07) is 0. The van der Waals surface area contributed by atoms with Crippen molar-refractivity contribution in [2.24, 2.45) is 0 Å². The highest BCUT2D eigenvalue weighted by molar-refractivity contribution is 5.98. The summed E-state index contributed by atoms with van der Waals surface area (Å²) >= 11 is 0. The molecule has 0 aromatic rings. The third-order valence-electron chi connectivity index (χ3n) is 2.67. The smallest absolute Gasteiger partial charge is 0.332 e. The van der Waals surface area contributed by atoms with Crippen molar-refractivity contribution in [2.75, 3.05) is 7.05 Å². The van der Waals surface area contributed by atoms with Gasteiger partial charge in [-0.15, -0.1) is 0 Å². The Hall–Kier alpha value is -1.89. The van der Waals surface area contributed by atoms with Gasteiger partial charge in [0.25, 0.3) is 5.91 Å². The number of rotatable bonds is 5. The Morgan fingerprint density at radius 1 is 1.44 bits per heavy atom. The van der Waals surface area contributed by atoms with Crippen LogP contribution in [-0.4, -0.2) is 47.7 Å². The lowest BCUT2D eigenvalue weighted by molar-refractivity contribution is -0.152. The van der Waals surface area contributed by atoms with Crippen molar-refractivity contribution in [2.45, 2.75) is 32.1 Å². The maximum absolute atomic E-state index is 11.3. The van der Waals surface area contributed by atoms with E-state index in [0.717, 1.165) is 0 Å². The molecule has 7 nitrogen and oxygen atoms in total. The second-order valence-electron chi connectivity index (χ2n) is 4.06. The third-order valence-corrected chi connectivity index (χ3v) is 2.67. The zero-order valence-corrected chi connectivity index (χ0v) is 10.3. The van der Waals surface area contributed by atoms with E-state index in [0.29, 0.717) is 24.8 Å². The van der Waals surface area contributed by atoms with Crippen LogP contribution in [0.2, 0.25) is 0 Å². The molecule has 7 heteroatoms. The fourth-order valence-electron chi connectivity index (χ4n) is 1.72. The number of carbonyl (C=O) groups excluding carboxylic acids is 2. The van der Waals surface area contributed by atoms with Gasteiger partial charge in [-0.1, -0.05) is 0 Å². The van der Waals surface area contributed by atoms with Crippen molar-refractivity contribution in [3.8, 4) is 0 Å². The molecule has 100 valence electrons. The van der Waals surface area contributed by atoms with Crippen LogP contribution in [0.1, 0.15) is 19.8 Å². The van der Waals surface area contributed by atoms with E-state index in [2.05, 4.69) is 0 Å². The Kier molecular flexibility index (Phi) is 4.85. The summed E-state index contributed by atoms with van der Waals surface area (Å²) in [4.78, 5) is 33.8. The number of hydrogen-bond donors (Lipinski definition) is 2. The van der Waals surface area contributed by atoms with Crippen LogP contribution in [0.15, 0.2) is 11.8 Å². The minimum atomic E-state index is -0.981. The summed E-state index contributed by atoms with van der Waals surface area (Å²) in [5, 5.41) is 10.8. The van der Waals surface area contributed by atoms with Gasteiger partial charge in [0.1, 0.15) is 6.23 Å². The molecule has 1 saturated heterocycles. The monoisotopic (exact) mass is 256 g/mol. The number of hydrogen-bond acceptors (Lipinski definition) is 5. The largest absolute Gasteiger partial charge is 0.479 e. The summed E-state index contributed by atoms with van der Waals surface area (Å²) in [5.41, 5.74) is 0.340. The second-order valence-corrected chi connectivity index (χ2v) is 4.06. The van der Waals surface area contributed by atoms with E-state index in [-0.39, 0.29) is 6.23 Å². The Bertz CT molecular complexity index is 380. The molecular weight excluding hydrogens is 240 g/mol. The lowest BCUT2D eigenvalue weighted by atomic mass is 10.2. The van der Waals surface area contributed by atoms with E-state index >= 15 is 0 Å². The number of carboxylic acid groups (broad SMARTS) is 1. The van der Waals surface area contributed by atoms with Crippen LogP contribution in [0.4, 0.5) is 0 Å². The molecule has 1 heterocycles. The Morgan fingerprint density at radius 2 is 2.11 bits per heavy atom. The van der Waals surface area contributed by atoms with E-state index in [4.69, 9.17) is 9.84 Å². The fraction of sp³-hybridized carbons (Fsp3) is 0.545. The standard InChI is InChI=1S/C11H16N2O5/c1-7(10(15)12-6-14)5-13(2)9-4-3-8(18-9)11(16)17/h5-6,8-9H,3-4H2,1-2H3,(H,16,17)(H,12,14,15)/b7-5-. The zero-order valence-electron chi connectivity index (χ0n) is 10.3. The highest BCUT2D eigenvalue weighted by Crippen LogP contribution is 2.22. The van der Waals surface area contributed by atoms with Crippen LogP contribution >= 0.6 is 0 Å². The van der Waals surface area contributed by atoms with Crippen LogP contribution in [0.25, 0.3) is 0 Å². The van der Waals surface area contributed by atoms with Gasteiger partial charge in [0, 0.05) is 18.8 Å². The van der Waals surface area contributed by atoms with E-state index in [9.17, 15) is 14.4 Å². The van der Waals surface area contributed by atoms with Gasteiger partial charge in [0.05, 0.1) is 0 Å². The molecule has 1 fully saturated rings. The van der Waals surface area contributed by atoms with Crippen molar-refractivity contribution in [1.82, 2.24) is 10.2 Å². The summed E-state index contributed by atoms with van der Waals surface area (Å²) in [6.45, 7) is 1.55. The topological polar surface area (TPSA) is 95.9 Å². The second kappa shape index (κ2) is 6.15. The van der Waals surface area contributed by atoms with E-state index in [1.165, 1.54) is 6.20 Å². The number of nitrogens with one attached hydrogen (secondary N) is 1. The molecule has 18 heavy (non-hydrogen) atoms. The first-order chi connectivity index (χ1) is 8.45. The Labute approximate surface area is 104 Å². The summed E-state index contributed by atoms with van der Waals surface area (Å²) in [6.07, 6.45) is 1.68. The van der Waals surface area contributed by atoms with E-state index in [1.54, 1.807) is 18.9 Å². The van der Waals surface area contributed by atoms with Crippen molar-refractivity contribution in [1.29, 1.82) is 0 Å². The lowest BCUT2D eigenvalue weighted by Crippen LogP contribution is -2.31. The molecule has 0 aromatic heterocycles. The quantitative estimate of drug-likeness (QED) is 0.517. The molecule has 0 bridgehead atoms. The minimum Gasteiger partial charge on any atom is -0.479 e. The van der Waals surface area contributed by atoms with Crippen molar-refractivity contribution >= 4 is 18.3 Å². The summed E-state index contributed by atoms with van der Waals surface area (Å²) in [7, 11) is 1.69. The summed E-state index contributed by atoms with van der Waals surface area (Å²) < 4.78 is 5.31. The molecule has 1 aliphatic heterocycles. The number of aliphatic carboxylic acids is 1. The molecule has 0 spiro atoms. The number of amides is 2. The van der Waals surface area contributed by atoms with Gasteiger partial charge in [-0.3, -0.25) is 14.9 Å². The highest BCUT2D eigenvalue weighted by atomic mass is 16.5. The van der Waals surface area contributed by atoms with E-state index < -0.39 is 18.0 Å². The molecule has 2 atom stereocenters. The molecule has 1 aliphatic rings. The lowest BCUT2D eigenvalue weighted by Gasteiger charge is -2.22. The van der Waals surface area contributed by atoms with Crippen LogP contribution < -0.4 is 5.32 Å². The van der Waals surface area contributed by atoms with Crippen molar-refractivity contribution in [3.05, 3.63) is 11.8 Å². The molecule has 2 N–H and O–H groups in total. The van der Waals surface area contributed by atoms with Gasteiger partial charge in [-0.25, -0.2) is 4.79 Å². The minimum absolute atomic E-state index is 0.312. The van der Waals surface area contributed by atoms with Crippen LogP contribution in [0.3, 0.4) is 0 Å². The molecule has 2 unspecified atom stereocenters. The Balaban J connectivity index is 2.58. The zero-order chi connectivity index (χ0) is 13.7. The van der Waals surface area contributed by atoms with Gasteiger partial charge >= 0.3 is 5.97 Å². The molecule has 1 rings (SSSR count). The highest BCUT2D eigenvalue weighted by Gasteiger charge is 2.32. The van der Waals surface area contributed by atoms with Crippen molar-refractivity contribution in [3.63, 3.8) is 0 Å². The molecular formula is C11H16N2O5. The molecule has 0 saturated carbocycles. The number of carboxylic acids is 1. The molecule has 2 amide bonds. The third kappa shape index (κ3) is 3.56. The van der Waals surface area contributed by atoms with Gasteiger partial charge in [0.15, 0.2) is 6.10 Å². The average Bonchev–Trinajstić information content (AvgIpc) is 2.78. The van der Waals surface area contributed by atoms with Gasteiger partial charge in [-0.2, -0.15) is 0 Å². The predicted octanol–water partition coefficient (Wildman–Crippen LogP) is -0.316. The maximum Gasteiger partial charge on any atom is 0.332 e. The SMILES string of the molecule is C/C(=C/N(C)C1CCC(C(=O)O)O1)C(=O)NC=O. The first-order valence-corrected chi connectivity index (χ1v) is 5.49. The van der Waals surface area contributed by atoms with Crippen LogP contribution in [0.5, 0.6) is 0 Å². The number of carbonyl (C=O) groups is 3. The van der Waals surface area contributed by atoms with Gasteiger partial charge in [0.2, 0.25) is 6.41 Å². The fourth-order valence-corrected chi connectivity index (χ4v) is 1.72. The first kappa shape index (κ1) is 14.2. The normalized spacial score (nSPS) is 23.6. The predicted molar refractivity (Wildman–Crippen MR) is 61.3 cm³/mol. The average molecular weight is 256 g/mol. The maximum atomic E-state index is 11.3. The number of ether oxygens (including phenoxy) is 1. The summed E-state index contributed by atoms with van der Waals surface area (Å²) in [5.74, 6) is -1.48. The van der Waals surface area contributed by atoms with Crippen LogP contribution in [0, 0.1) is 0 Å². The molecule has 0 radical (unpaired) electrons. The van der Waals surface area contributed by atoms with Gasteiger partial charge < -0.3 is 14.7 Å². The van der Waals surface area contributed by atoms with Crippen molar-refractivity contribution < 1.29 is 24.2 Å².